The Morgan fingerprint density at radius 2 is 2.07 bits per heavy atom. The van der Waals surface area contributed by atoms with E-state index in [4.69, 9.17) is 9.47 Å². The number of rotatable bonds is 2. The molecular formula is C11H11NO3. The van der Waals surface area contributed by atoms with E-state index in [9.17, 15) is 4.79 Å². The van der Waals surface area contributed by atoms with Crippen LogP contribution >= 0.6 is 0 Å². The third kappa shape index (κ3) is 2.28. The summed E-state index contributed by atoms with van der Waals surface area (Å²) in [6.45, 7) is 1.79. The van der Waals surface area contributed by atoms with Crippen LogP contribution in [-0.4, -0.2) is 12.5 Å². The van der Waals surface area contributed by atoms with Gasteiger partial charge in [-0.3, -0.25) is 4.79 Å². The molecule has 0 spiro atoms. The standard InChI is InChI=1S/C11H11NO3/c1-8(13)12-6-9-7-14-10-4-2-3-5-11(10)15-9/h2-5,7H,6H2,1H3,(H,12,13). The maximum atomic E-state index is 10.7. The SMILES string of the molecule is CC(=O)NCC1=COc2ccccc2O1. The molecule has 0 saturated carbocycles. The van der Waals surface area contributed by atoms with Gasteiger partial charge in [-0.25, -0.2) is 0 Å². The van der Waals surface area contributed by atoms with Crippen molar-refractivity contribution in [3.8, 4) is 11.5 Å². The molecule has 0 aliphatic carbocycles. The van der Waals surface area contributed by atoms with Crippen LogP contribution in [0.5, 0.6) is 11.5 Å². The fourth-order valence-electron chi connectivity index (χ4n) is 1.22. The average Bonchev–Trinajstić information content (AvgIpc) is 2.26. The van der Waals surface area contributed by atoms with Crippen LogP contribution < -0.4 is 14.8 Å². The summed E-state index contributed by atoms with van der Waals surface area (Å²) in [4.78, 5) is 10.7. The summed E-state index contributed by atoms with van der Waals surface area (Å²) in [7, 11) is 0. The Balaban J connectivity index is 2.03. The van der Waals surface area contributed by atoms with Crippen molar-refractivity contribution in [2.45, 2.75) is 6.92 Å². The second-order valence-corrected chi connectivity index (χ2v) is 3.16. The van der Waals surface area contributed by atoms with Crippen LogP contribution in [-0.2, 0) is 4.79 Å². The summed E-state index contributed by atoms with van der Waals surface area (Å²) in [6.07, 6.45) is 1.50. The first kappa shape index (κ1) is 9.58. The van der Waals surface area contributed by atoms with Gasteiger partial charge in [-0.1, -0.05) is 12.1 Å². The van der Waals surface area contributed by atoms with Crippen LogP contribution in [0, 0.1) is 0 Å². The van der Waals surface area contributed by atoms with E-state index in [1.54, 1.807) is 0 Å². The Kier molecular flexibility index (Phi) is 2.58. The van der Waals surface area contributed by atoms with E-state index in [-0.39, 0.29) is 5.91 Å². The molecule has 1 aromatic carbocycles. The van der Waals surface area contributed by atoms with Crippen molar-refractivity contribution < 1.29 is 14.3 Å². The minimum absolute atomic E-state index is 0.0987. The molecular weight excluding hydrogens is 194 g/mol. The first-order valence-electron chi connectivity index (χ1n) is 4.63. The van der Waals surface area contributed by atoms with Gasteiger partial charge in [-0.05, 0) is 12.1 Å². The molecule has 4 heteroatoms. The van der Waals surface area contributed by atoms with Crippen molar-refractivity contribution in [1.29, 1.82) is 0 Å². The molecule has 78 valence electrons. The van der Waals surface area contributed by atoms with E-state index in [0.29, 0.717) is 23.8 Å². The summed E-state index contributed by atoms with van der Waals surface area (Å²) in [5.41, 5.74) is 0. The lowest BCUT2D eigenvalue weighted by molar-refractivity contribution is -0.118. The first-order chi connectivity index (χ1) is 7.25. The molecule has 0 radical (unpaired) electrons. The number of hydrogen-bond acceptors (Lipinski definition) is 3. The Hall–Kier alpha value is -1.97. The molecule has 1 amide bonds. The number of amides is 1. The highest BCUT2D eigenvalue weighted by Gasteiger charge is 2.12. The molecule has 0 aromatic heterocycles. The largest absolute Gasteiger partial charge is 0.457 e. The van der Waals surface area contributed by atoms with Crippen molar-refractivity contribution in [2.75, 3.05) is 6.54 Å². The quantitative estimate of drug-likeness (QED) is 0.794. The van der Waals surface area contributed by atoms with E-state index in [1.807, 2.05) is 24.3 Å². The van der Waals surface area contributed by atoms with E-state index in [2.05, 4.69) is 5.32 Å². The third-order valence-corrected chi connectivity index (χ3v) is 1.92. The van der Waals surface area contributed by atoms with Crippen molar-refractivity contribution >= 4 is 5.91 Å². The molecule has 4 nitrogen and oxygen atoms in total. The molecule has 0 fully saturated rings. The fourth-order valence-corrected chi connectivity index (χ4v) is 1.22. The van der Waals surface area contributed by atoms with Crippen LogP contribution in [0.4, 0.5) is 0 Å². The maximum Gasteiger partial charge on any atom is 0.217 e. The number of nitrogens with one attached hydrogen (secondary N) is 1. The van der Waals surface area contributed by atoms with Gasteiger partial charge in [0, 0.05) is 6.92 Å². The van der Waals surface area contributed by atoms with Gasteiger partial charge < -0.3 is 14.8 Å². The van der Waals surface area contributed by atoms with Crippen LogP contribution in [0.25, 0.3) is 0 Å². The second kappa shape index (κ2) is 4.04. The summed E-state index contributed by atoms with van der Waals surface area (Å²) in [5, 5.41) is 2.63. The highest BCUT2D eigenvalue weighted by Crippen LogP contribution is 2.31. The lowest BCUT2D eigenvalue weighted by atomic mass is 10.3. The van der Waals surface area contributed by atoms with Gasteiger partial charge in [0.2, 0.25) is 5.91 Å². The first-order valence-corrected chi connectivity index (χ1v) is 4.63. The highest BCUT2D eigenvalue weighted by atomic mass is 16.6. The minimum atomic E-state index is -0.0987. The summed E-state index contributed by atoms with van der Waals surface area (Å²) in [5.74, 6) is 1.84. The Morgan fingerprint density at radius 1 is 1.33 bits per heavy atom. The van der Waals surface area contributed by atoms with Gasteiger partial charge in [-0.15, -0.1) is 0 Å². The molecule has 0 bridgehead atoms. The lowest BCUT2D eigenvalue weighted by Crippen LogP contribution is -2.25. The zero-order chi connectivity index (χ0) is 10.7. The number of carbonyl (C=O) groups excluding carboxylic acids is 1. The van der Waals surface area contributed by atoms with Gasteiger partial charge in [0.05, 0.1) is 6.54 Å². The van der Waals surface area contributed by atoms with E-state index in [1.165, 1.54) is 13.2 Å². The number of fused-ring (bicyclic) bond motifs is 1. The molecule has 1 aromatic rings. The van der Waals surface area contributed by atoms with Gasteiger partial charge in [0.25, 0.3) is 0 Å². The normalized spacial score (nSPS) is 13.0. The molecule has 1 aliphatic heterocycles. The van der Waals surface area contributed by atoms with Gasteiger partial charge in [-0.2, -0.15) is 0 Å². The highest BCUT2D eigenvalue weighted by molar-refractivity contribution is 5.73. The van der Waals surface area contributed by atoms with Crippen molar-refractivity contribution in [3.05, 3.63) is 36.3 Å². The number of ether oxygens (including phenoxy) is 2. The summed E-state index contributed by atoms with van der Waals surface area (Å²) < 4.78 is 10.8. The maximum absolute atomic E-state index is 10.7. The monoisotopic (exact) mass is 205 g/mol. The molecule has 2 rings (SSSR count). The zero-order valence-corrected chi connectivity index (χ0v) is 8.32. The number of para-hydroxylation sites is 2. The molecule has 0 atom stereocenters. The van der Waals surface area contributed by atoms with E-state index >= 15 is 0 Å². The lowest BCUT2D eigenvalue weighted by Gasteiger charge is -2.17. The van der Waals surface area contributed by atoms with Crippen LogP contribution in [0.3, 0.4) is 0 Å². The second-order valence-electron chi connectivity index (χ2n) is 3.16. The van der Waals surface area contributed by atoms with E-state index in [0.717, 1.165) is 0 Å². The molecule has 1 N–H and O–H groups in total. The summed E-state index contributed by atoms with van der Waals surface area (Å²) in [6, 6.07) is 7.37. The fraction of sp³-hybridized carbons (Fsp3) is 0.182. The van der Waals surface area contributed by atoms with E-state index < -0.39 is 0 Å². The third-order valence-electron chi connectivity index (χ3n) is 1.92. The molecule has 0 saturated heterocycles. The average molecular weight is 205 g/mol. The topological polar surface area (TPSA) is 47.6 Å². The number of benzene rings is 1. The van der Waals surface area contributed by atoms with Gasteiger partial charge in [0.1, 0.15) is 6.26 Å². The predicted octanol–water partition coefficient (Wildman–Crippen LogP) is 1.44. The number of carbonyl (C=O) groups is 1. The van der Waals surface area contributed by atoms with Crippen molar-refractivity contribution in [1.82, 2.24) is 5.32 Å². The predicted molar refractivity (Wildman–Crippen MR) is 54.5 cm³/mol. The minimum Gasteiger partial charge on any atom is -0.457 e. The number of hydrogen-bond donors (Lipinski definition) is 1. The van der Waals surface area contributed by atoms with Gasteiger partial charge in [0.15, 0.2) is 17.3 Å². The van der Waals surface area contributed by atoms with Crippen LogP contribution in [0.2, 0.25) is 0 Å². The zero-order valence-electron chi connectivity index (χ0n) is 8.32. The smallest absolute Gasteiger partial charge is 0.217 e. The van der Waals surface area contributed by atoms with Crippen LogP contribution in [0.1, 0.15) is 6.92 Å². The molecule has 0 unspecified atom stereocenters. The molecule has 1 aliphatic rings. The summed E-state index contributed by atoms with van der Waals surface area (Å²) >= 11 is 0. The molecule has 15 heavy (non-hydrogen) atoms. The van der Waals surface area contributed by atoms with Crippen molar-refractivity contribution in [2.24, 2.45) is 0 Å². The Morgan fingerprint density at radius 3 is 2.80 bits per heavy atom. The van der Waals surface area contributed by atoms with Crippen LogP contribution in [0.15, 0.2) is 36.3 Å². The molecule has 1 heterocycles. The van der Waals surface area contributed by atoms with Gasteiger partial charge >= 0.3 is 0 Å². The Labute approximate surface area is 87.5 Å². The van der Waals surface area contributed by atoms with Crippen molar-refractivity contribution in [3.63, 3.8) is 0 Å². The Bertz CT molecular complexity index is 412.